The molecule has 0 saturated carbocycles. The molecule has 1 N–H and O–H groups in total. The largest absolute Gasteiger partial charge is 0.308 e. The van der Waals surface area contributed by atoms with Gasteiger partial charge in [-0.3, -0.25) is 0 Å². The minimum Gasteiger partial charge on any atom is -0.308 e. The smallest absolute Gasteiger partial charge is 0.0222 e. The second-order valence-corrected chi connectivity index (χ2v) is 6.44. The molecule has 0 saturated heterocycles. The fourth-order valence-electron chi connectivity index (χ4n) is 1.94. The van der Waals surface area contributed by atoms with Crippen LogP contribution in [0.1, 0.15) is 25.0 Å². The summed E-state index contributed by atoms with van der Waals surface area (Å²) >= 11 is 3.63. The molecule has 0 fully saturated rings. The van der Waals surface area contributed by atoms with E-state index in [0.717, 1.165) is 13.1 Å². The molecule has 18 heavy (non-hydrogen) atoms. The first-order chi connectivity index (χ1) is 8.40. The van der Waals surface area contributed by atoms with E-state index in [2.05, 4.69) is 79.2 Å². The molecule has 0 bridgehead atoms. The summed E-state index contributed by atoms with van der Waals surface area (Å²) in [5.41, 5.74) is 2.62. The minimum absolute atomic E-state index is 0.521. The quantitative estimate of drug-likeness (QED) is 0.865. The highest BCUT2D eigenvalue weighted by atomic mass is 79.9. The van der Waals surface area contributed by atoms with Gasteiger partial charge >= 0.3 is 0 Å². The van der Waals surface area contributed by atoms with Crippen molar-refractivity contribution in [2.75, 3.05) is 20.6 Å². The first kappa shape index (κ1) is 15.7. The minimum atomic E-state index is 0.521. The Kier molecular flexibility index (Phi) is 6.33. The van der Waals surface area contributed by atoms with Crippen molar-refractivity contribution in [1.82, 2.24) is 10.2 Å². The third kappa shape index (κ3) is 5.09. The summed E-state index contributed by atoms with van der Waals surface area (Å²) in [5.74, 6) is 0.636. The zero-order valence-corrected chi connectivity index (χ0v) is 13.7. The van der Waals surface area contributed by atoms with Crippen LogP contribution in [0.15, 0.2) is 22.7 Å². The van der Waals surface area contributed by atoms with Gasteiger partial charge in [0.1, 0.15) is 0 Å². The van der Waals surface area contributed by atoms with Crippen LogP contribution in [0.25, 0.3) is 0 Å². The summed E-state index contributed by atoms with van der Waals surface area (Å²) in [6, 6.07) is 7.05. The lowest BCUT2D eigenvalue weighted by molar-refractivity contribution is 0.288. The van der Waals surface area contributed by atoms with Crippen LogP contribution in [-0.4, -0.2) is 31.6 Å². The molecular weight excluding hydrogens is 288 g/mol. The molecule has 0 aromatic heterocycles. The molecular formula is C15H25BrN2. The number of nitrogens with one attached hydrogen (secondary N) is 1. The first-order valence-corrected chi connectivity index (χ1v) is 7.32. The second-order valence-electron chi connectivity index (χ2n) is 5.59. The van der Waals surface area contributed by atoms with E-state index in [1.165, 1.54) is 15.6 Å². The monoisotopic (exact) mass is 312 g/mol. The van der Waals surface area contributed by atoms with Crippen molar-refractivity contribution in [3.8, 4) is 0 Å². The van der Waals surface area contributed by atoms with Crippen LogP contribution in [0.3, 0.4) is 0 Å². The number of nitrogens with zero attached hydrogens (tertiary/aromatic N) is 1. The fraction of sp³-hybridized carbons (Fsp3) is 0.600. The van der Waals surface area contributed by atoms with E-state index in [0.29, 0.717) is 12.0 Å². The topological polar surface area (TPSA) is 15.3 Å². The zero-order chi connectivity index (χ0) is 13.7. The maximum Gasteiger partial charge on any atom is 0.0222 e. The third-order valence-electron chi connectivity index (χ3n) is 3.13. The van der Waals surface area contributed by atoms with E-state index < -0.39 is 0 Å². The fourth-order valence-corrected chi connectivity index (χ4v) is 2.57. The van der Waals surface area contributed by atoms with E-state index in [1.807, 2.05) is 0 Å². The van der Waals surface area contributed by atoms with Gasteiger partial charge in [-0.15, -0.1) is 0 Å². The summed E-state index contributed by atoms with van der Waals surface area (Å²) in [6.07, 6.45) is 0. The Labute approximate surface area is 120 Å². The van der Waals surface area contributed by atoms with E-state index in [4.69, 9.17) is 0 Å². The van der Waals surface area contributed by atoms with Gasteiger partial charge in [-0.25, -0.2) is 0 Å². The molecule has 0 aliphatic rings. The van der Waals surface area contributed by atoms with Crippen molar-refractivity contribution in [3.05, 3.63) is 33.8 Å². The Hall–Kier alpha value is -0.380. The van der Waals surface area contributed by atoms with Crippen LogP contribution < -0.4 is 5.32 Å². The Morgan fingerprint density at radius 2 is 1.94 bits per heavy atom. The van der Waals surface area contributed by atoms with Crippen LogP contribution in [0, 0.1) is 12.8 Å². The molecule has 2 nitrogen and oxygen atoms in total. The van der Waals surface area contributed by atoms with Crippen molar-refractivity contribution in [3.63, 3.8) is 0 Å². The van der Waals surface area contributed by atoms with Gasteiger partial charge in [0, 0.05) is 23.6 Å². The Bertz CT molecular complexity index is 375. The van der Waals surface area contributed by atoms with Crippen molar-refractivity contribution in [2.45, 2.75) is 33.4 Å². The van der Waals surface area contributed by atoms with E-state index in [9.17, 15) is 0 Å². The van der Waals surface area contributed by atoms with Gasteiger partial charge in [-0.2, -0.15) is 0 Å². The van der Waals surface area contributed by atoms with Crippen molar-refractivity contribution in [2.24, 2.45) is 5.92 Å². The van der Waals surface area contributed by atoms with E-state index in [-0.39, 0.29) is 0 Å². The Balaban J connectivity index is 2.61. The second kappa shape index (κ2) is 7.27. The van der Waals surface area contributed by atoms with Crippen LogP contribution in [-0.2, 0) is 6.54 Å². The van der Waals surface area contributed by atoms with Crippen molar-refractivity contribution < 1.29 is 0 Å². The number of rotatable bonds is 6. The summed E-state index contributed by atoms with van der Waals surface area (Å²) in [7, 11) is 4.25. The Morgan fingerprint density at radius 1 is 1.28 bits per heavy atom. The van der Waals surface area contributed by atoms with Gasteiger partial charge in [-0.1, -0.05) is 41.9 Å². The highest BCUT2D eigenvalue weighted by Crippen LogP contribution is 2.18. The lowest BCUT2D eigenvalue weighted by Gasteiger charge is -2.26. The lowest BCUT2D eigenvalue weighted by atomic mass is 10.0. The van der Waals surface area contributed by atoms with Crippen LogP contribution in [0.5, 0.6) is 0 Å². The summed E-state index contributed by atoms with van der Waals surface area (Å²) in [6.45, 7) is 8.64. The van der Waals surface area contributed by atoms with Gasteiger partial charge in [0.05, 0.1) is 0 Å². The number of hydrogen-bond acceptors (Lipinski definition) is 2. The molecule has 1 aromatic carbocycles. The lowest BCUT2D eigenvalue weighted by Crippen LogP contribution is -2.41. The molecule has 0 aliphatic carbocycles. The molecule has 0 heterocycles. The van der Waals surface area contributed by atoms with Crippen molar-refractivity contribution >= 4 is 15.9 Å². The van der Waals surface area contributed by atoms with Crippen LogP contribution in [0.4, 0.5) is 0 Å². The summed E-state index contributed by atoms with van der Waals surface area (Å²) < 4.78 is 1.20. The molecule has 0 amide bonds. The standard InChI is InChI=1S/C15H25BrN2/c1-11(2)15(10-18(4)5)17-9-13-7-6-12(3)8-14(13)16/h6-8,11,15,17H,9-10H2,1-5H3. The predicted octanol–water partition coefficient (Wildman–Crippen LogP) is 3.43. The molecule has 0 spiro atoms. The molecule has 1 aromatic rings. The highest BCUT2D eigenvalue weighted by molar-refractivity contribution is 9.10. The molecule has 0 radical (unpaired) electrons. The summed E-state index contributed by atoms with van der Waals surface area (Å²) in [5, 5.41) is 3.66. The van der Waals surface area contributed by atoms with Gasteiger partial charge in [0.15, 0.2) is 0 Å². The first-order valence-electron chi connectivity index (χ1n) is 6.53. The molecule has 102 valence electrons. The van der Waals surface area contributed by atoms with Gasteiger partial charge < -0.3 is 10.2 Å². The summed E-state index contributed by atoms with van der Waals surface area (Å²) in [4.78, 5) is 2.24. The van der Waals surface area contributed by atoms with E-state index >= 15 is 0 Å². The maximum absolute atomic E-state index is 3.66. The molecule has 3 heteroatoms. The average Bonchev–Trinajstić information content (AvgIpc) is 2.25. The number of benzene rings is 1. The molecule has 0 aliphatic heterocycles. The van der Waals surface area contributed by atoms with Gasteiger partial charge in [0.25, 0.3) is 0 Å². The van der Waals surface area contributed by atoms with Gasteiger partial charge in [0.2, 0.25) is 0 Å². The number of aryl methyl sites for hydroxylation is 1. The number of likely N-dealkylation sites (N-methyl/N-ethyl adjacent to an activating group) is 1. The molecule has 1 atom stereocenters. The van der Waals surface area contributed by atoms with Gasteiger partial charge in [-0.05, 0) is 44.1 Å². The van der Waals surface area contributed by atoms with E-state index in [1.54, 1.807) is 0 Å². The zero-order valence-electron chi connectivity index (χ0n) is 12.1. The predicted molar refractivity (Wildman–Crippen MR) is 82.9 cm³/mol. The van der Waals surface area contributed by atoms with Crippen molar-refractivity contribution in [1.29, 1.82) is 0 Å². The normalized spacial score (nSPS) is 13.3. The SMILES string of the molecule is Cc1ccc(CNC(CN(C)C)C(C)C)c(Br)c1. The highest BCUT2D eigenvalue weighted by Gasteiger charge is 2.14. The number of hydrogen-bond donors (Lipinski definition) is 1. The number of halogens is 1. The maximum atomic E-state index is 3.66. The molecule has 1 unspecified atom stereocenters. The average molecular weight is 313 g/mol. The molecule has 1 rings (SSSR count). The Morgan fingerprint density at radius 3 is 2.44 bits per heavy atom. The third-order valence-corrected chi connectivity index (χ3v) is 3.87. The van der Waals surface area contributed by atoms with Crippen LogP contribution >= 0.6 is 15.9 Å². The van der Waals surface area contributed by atoms with Crippen LogP contribution in [0.2, 0.25) is 0 Å².